The maximum atomic E-state index is 9.29. The molecule has 27 heavy (non-hydrogen) atoms. The van der Waals surface area contributed by atoms with Gasteiger partial charge in [0.25, 0.3) is 0 Å². The lowest BCUT2D eigenvalue weighted by Gasteiger charge is -2.11. The Bertz CT molecular complexity index is 1080. The first-order chi connectivity index (χ1) is 13.2. The zero-order valence-corrected chi connectivity index (χ0v) is 14.8. The molecule has 0 aliphatic rings. The number of fused-ring (bicyclic) bond motifs is 1. The van der Waals surface area contributed by atoms with E-state index in [1.165, 1.54) is 10.8 Å². The van der Waals surface area contributed by atoms with Gasteiger partial charge >= 0.3 is 7.12 Å². The summed E-state index contributed by atoms with van der Waals surface area (Å²) in [5, 5.41) is 21.0. The minimum atomic E-state index is -1.45. The Balaban J connectivity index is 1.83. The van der Waals surface area contributed by atoms with E-state index in [0.29, 0.717) is 5.46 Å². The van der Waals surface area contributed by atoms with Crippen LogP contribution in [0.2, 0.25) is 0 Å². The van der Waals surface area contributed by atoms with E-state index in [4.69, 9.17) is 0 Å². The Morgan fingerprint density at radius 1 is 0.630 bits per heavy atom. The van der Waals surface area contributed by atoms with E-state index in [9.17, 15) is 10.0 Å². The van der Waals surface area contributed by atoms with E-state index in [-0.39, 0.29) is 0 Å². The van der Waals surface area contributed by atoms with Gasteiger partial charge < -0.3 is 10.0 Å². The molecular weight excluding hydrogens is 331 g/mol. The van der Waals surface area contributed by atoms with E-state index in [2.05, 4.69) is 54.6 Å². The summed E-state index contributed by atoms with van der Waals surface area (Å²) in [6, 6.07) is 32.4. The SMILES string of the molecule is OB(O)c1ccc(/C=C(\c2ccccc2)c2ccc3ccccc3c2)cc1. The van der Waals surface area contributed by atoms with Crippen molar-refractivity contribution in [2.75, 3.05) is 0 Å². The highest BCUT2D eigenvalue weighted by Gasteiger charge is 2.10. The fourth-order valence-corrected chi connectivity index (χ4v) is 3.24. The number of rotatable bonds is 4. The normalized spacial score (nSPS) is 11.6. The van der Waals surface area contributed by atoms with Crippen LogP contribution >= 0.6 is 0 Å². The van der Waals surface area contributed by atoms with Gasteiger partial charge in [-0.3, -0.25) is 0 Å². The second-order valence-corrected chi connectivity index (χ2v) is 6.53. The summed E-state index contributed by atoms with van der Waals surface area (Å²) in [5.41, 5.74) is 4.90. The maximum Gasteiger partial charge on any atom is 0.488 e. The van der Waals surface area contributed by atoms with E-state index < -0.39 is 7.12 Å². The zero-order chi connectivity index (χ0) is 18.6. The van der Waals surface area contributed by atoms with Crippen LogP contribution in [0.15, 0.2) is 97.1 Å². The minimum absolute atomic E-state index is 0.485. The summed E-state index contributed by atoms with van der Waals surface area (Å²) in [7, 11) is -1.45. The Morgan fingerprint density at radius 3 is 2.00 bits per heavy atom. The lowest BCUT2D eigenvalue weighted by Crippen LogP contribution is -2.29. The van der Waals surface area contributed by atoms with Crippen molar-refractivity contribution in [3.8, 4) is 0 Å². The lowest BCUT2D eigenvalue weighted by molar-refractivity contribution is 0.426. The van der Waals surface area contributed by atoms with Crippen LogP contribution in [-0.4, -0.2) is 17.2 Å². The Hall–Kier alpha value is -3.14. The van der Waals surface area contributed by atoms with Gasteiger partial charge in [-0.25, -0.2) is 0 Å². The summed E-state index contributed by atoms with van der Waals surface area (Å²) in [6.45, 7) is 0. The van der Waals surface area contributed by atoms with Crippen molar-refractivity contribution in [2.45, 2.75) is 0 Å². The Labute approximate surface area is 159 Å². The zero-order valence-electron chi connectivity index (χ0n) is 14.8. The molecule has 4 aromatic rings. The third-order valence-electron chi connectivity index (χ3n) is 4.69. The first-order valence-electron chi connectivity index (χ1n) is 8.93. The van der Waals surface area contributed by atoms with Gasteiger partial charge in [0.1, 0.15) is 0 Å². The molecule has 0 spiro atoms. The molecule has 2 N–H and O–H groups in total. The van der Waals surface area contributed by atoms with Crippen molar-refractivity contribution in [3.63, 3.8) is 0 Å². The monoisotopic (exact) mass is 350 g/mol. The smallest absolute Gasteiger partial charge is 0.423 e. The summed E-state index contributed by atoms with van der Waals surface area (Å²) < 4.78 is 0. The van der Waals surface area contributed by atoms with Gasteiger partial charge in [-0.15, -0.1) is 0 Å². The van der Waals surface area contributed by atoms with Crippen molar-refractivity contribution in [2.24, 2.45) is 0 Å². The Kier molecular flexibility index (Phi) is 4.88. The molecule has 0 aliphatic carbocycles. The topological polar surface area (TPSA) is 40.5 Å². The van der Waals surface area contributed by atoms with E-state index >= 15 is 0 Å². The highest BCUT2D eigenvalue weighted by atomic mass is 16.4. The van der Waals surface area contributed by atoms with Gasteiger partial charge in [0.05, 0.1) is 0 Å². The molecule has 3 heteroatoms. The molecule has 0 bridgehead atoms. The van der Waals surface area contributed by atoms with E-state index in [1.54, 1.807) is 12.1 Å². The molecular formula is C24H19BO2. The van der Waals surface area contributed by atoms with Gasteiger partial charge in [-0.2, -0.15) is 0 Å². The molecule has 4 aromatic carbocycles. The highest BCUT2D eigenvalue weighted by Crippen LogP contribution is 2.28. The van der Waals surface area contributed by atoms with Crippen LogP contribution < -0.4 is 5.46 Å². The molecule has 0 aromatic heterocycles. The molecule has 0 radical (unpaired) electrons. The largest absolute Gasteiger partial charge is 0.488 e. The van der Waals surface area contributed by atoms with Crippen molar-refractivity contribution >= 4 is 35.0 Å². The minimum Gasteiger partial charge on any atom is -0.423 e. The van der Waals surface area contributed by atoms with E-state index in [0.717, 1.165) is 22.3 Å². The molecule has 0 saturated heterocycles. The van der Waals surface area contributed by atoms with E-state index in [1.807, 2.05) is 36.4 Å². The molecule has 0 atom stereocenters. The van der Waals surface area contributed by atoms with Gasteiger partial charge in [0.15, 0.2) is 0 Å². The quantitative estimate of drug-likeness (QED) is 0.430. The molecule has 0 unspecified atom stereocenters. The third kappa shape index (κ3) is 3.85. The summed E-state index contributed by atoms with van der Waals surface area (Å²) in [6.07, 6.45) is 2.13. The second kappa shape index (κ2) is 7.62. The van der Waals surface area contributed by atoms with Crippen LogP contribution in [0, 0.1) is 0 Å². The first kappa shape index (κ1) is 17.3. The van der Waals surface area contributed by atoms with Crippen LogP contribution in [0.3, 0.4) is 0 Å². The van der Waals surface area contributed by atoms with Gasteiger partial charge in [0, 0.05) is 0 Å². The molecule has 0 fully saturated rings. The number of hydrogen-bond acceptors (Lipinski definition) is 2. The van der Waals surface area contributed by atoms with Crippen LogP contribution in [0.5, 0.6) is 0 Å². The average molecular weight is 350 g/mol. The van der Waals surface area contributed by atoms with Gasteiger partial charge in [-0.05, 0) is 50.6 Å². The number of benzene rings is 4. The Morgan fingerprint density at radius 2 is 1.30 bits per heavy atom. The van der Waals surface area contributed by atoms with Crippen molar-refractivity contribution in [3.05, 3.63) is 114 Å². The van der Waals surface area contributed by atoms with Gasteiger partial charge in [0.2, 0.25) is 0 Å². The highest BCUT2D eigenvalue weighted by molar-refractivity contribution is 6.58. The summed E-state index contributed by atoms with van der Waals surface area (Å²) >= 11 is 0. The fourth-order valence-electron chi connectivity index (χ4n) is 3.24. The van der Waals surface area contributed by atoms with Crippen molar-refractivity contribution in [1.82, 2.24) is 0 Å². The maximum absolute atomic E-state index is 9.29. The standard InChI is InChI=1S/C24H19BO2/c26-25(27)23-14-10-18(11-15-23)16-24(20-7-2-1-3-8-20)22-13-12-19-6-4-5-9-21(19)17-22/h1-17,26-27H/b24-16+. The predicted octanol–water partition coefficient (Wildman–Crippen LogP) is 4.11. The summed E-state index contributed by atoms with van der Waals surface area (Å²) in [5.74, 6) is 0. The van der Waals surface area contributed by atoms with Gasteiger partial charge in [-0.1, -0.05) is 91.0 Å². The third-order valence-corrected chi connectivity index (χ3v) is 4.69. The van der Waals surface area contributed by atoms with Crippen LogP contribution in [-0.2, 0) is 0 Å². The van der Waals surface area contributed by atoms with Crippen LogP contribution in [0.4, 0.5) is 0 Å². The molecule has 0 aliphatic heterocycles. The van der Waals surface area contributed by atoms with Crippen LogP contribution in [0.1, 0.15) is 16.7 Å². The van der Waals surface area contributed by atoms with Crippen molar-refractivity contribution < 1.29 is 10.0 Å². The van der Waals surface area contributed by atoms with Crippen LogP contribution in [0.25, 0.3) is 22.4 Å². The first-order valence-corrected chi connectivity index (χ1v) is 8.93. The molecule has 0 saturated carbocycles. The lowest BCUT2D eigenvalue weighted by atomic mass is 9.80. The molecule has 0 heterocycles. The molecule has 130 valence electrons. The number of hydrogen-bond donors (Lipinski definition) is 2. The average Bonchev–Trinajstić information content (AvgIpc) is 2.72. The predicted molar refractivity (Wildman–Crippen MR) is 114 cm³/mol. The molecule has 4 rings (SSSR count). The van der Waals surface area contributed by atoms with Crippen molar-refractivity contribution in [1.29, 1.82) is 0 Å². The molecule has 2 nitrogen and oxygen atoms in total. The molecule has 0 amide bonds. The summed E-state index contributed by atoms with van der Waals surface area (Å²) in [4.78, 5) is 0. The second-order valence-electron chi connectivity index (χ2n) is 6.53. The fraction of sp³-hybridized carbons (Fsp3) is 0.